The van der Waals surface area contributed by atoms with Crippen molar-refractivity contribution in [1.29, 1.82) is 0 Å². The number of hydrogen-bond acceptors (Lipinski definition) is 1. The molecule has 1 atom stereocenters. The number of aryl methyl sites for hydroxylation is 3. The molecule has 2 rings (SSSR count). The molecule has 0 aromatic heterocycles. The van der Waals surface area contributed by atoms with Crippen molar-refractivity contribution in [2.75, 3.05) is 6.54 Å². The highest BCUT2D eigenvalue weighted by Gasteiger charge is 2.18. The molecule has 1 heteroatoms. The van der Waals surface area contributed by atoms with E-state index in [1.807, 2.05) is 0 Å². The molecule has 1 N–H and O–H groups in total. The Balaban J connectivity index is 2.37. The Morgan fingerprint density at radius 3 is 2.43 bits per heavy atom. The third kappa shape index (κ3) is 1.69. The molecule has 1 aliphatic heterocycles. The van der Waals surface area contributed by atoms with E-state index in [9.17, 15) is 0 Å². The first-order valence-corrected chi connectivity index (χ1v) is 5.49. The van der Waals surface area contributed by atoms with Gasteiger partial charge in [0.25, 0.3) is 0 Å². The lowest BCUT2D eigenvalue weighted by molar-refractivity contribution is 0.643. The maximum Gasteiger partial charge on any atom is 0.0323 e. The molecule has 1 aromatic rings. The van der Waals surface area contributed by atoms with Crippen molar-refractivity contribution in [3.63, 3.8) is 0 Å². The van der Waals surface area contributed by atoms with Gasteiger partial charge in [0.15, 0.2) is 0 Å². The minimum absolute atomic E-state index is 0.606. The van der Waals surface area contributed by atoms with Gasteiger partial charge in [0.05, 0.1) is 0 Å². The fourth-order valence-corrected chi connectivity index (χ4v) is 2.31. The minimum Gasteiger partial charge on any atom is -0.310 e. The van der Waals surface area contributed by atoms with Gasteiger partial charge in [0, 0.05) is 6.04 Å². The van der Waals surface area contributed by atoms with Crippen LogP contribution in [0.1, 0.15) is 41.1 Å². The lowest BCUT2D eigenvalue weighted by atomic mass is 9.95. The van der Waals surface area contributed by atoms with Crippen LogP contribution in [-0.2, 0) is 0 Å². The molecule has 0 aliphatic carbocycles. The van der Waals surface area contributed by atoms with Crippen molar-refractivity contribution < 1.29 is 0 Å². The van der Waals surface area contributed by atoms with Crippen molar-refractivity contribution in [3.8, 4) is 0 Å². The van der Waals surface area contributed by atoms with Crippen molar-refractivity contribution in [2.24, 2.45) is 0 Å². The summed E-state index contributed by atoms with van der Waals surface area (Å²) in [7, 11) is 0. The van der Waals surface area contributed by atoms with E-state index in [2.05, 4.69) is 38.2 Å². The van der Waals surface area contributed by atoms with Crippen LogP contribution in [0, 0.1) is 20.8 Å². The van der Waals surface area contributed by atoms with Gasteiger partial charge in [-0.2, -0.15) is 0 Å². The molecule has 76 valence electrons. The smallest absolute Gasteiger partial charge is 0.0323 e. The second kappa shape index (κ2) is 3.74. The summed E-state index contributed by atoms with van der Waals surface area (Å²) in [6.45, 7) is 7.79. The summed E-state index contributed by atoms with van der Waals surface area (Å²) in [5.74, 6) is 0. The second-order valence-electron chi connectivity index (χ2n) is 4.44. The van der Waals surface area contributed by atoms with E-state index in [4.69, 9.17) is 0 Å². The predicted octanol–water partition coefficient (Wildman–Crippen LogP) is 3.04. The van der Waals surface area contributed by atoms with Gasteiger partial charge in [-0.1, -0.05) is 12.1 Å². The highest BCUT2D eigenvalue weighted by atomic mass is 14.9. The molecule has 0 spiro atoms. The van der Waals surface area contributed by atoms with Crippen LogP contribution in [-0.4, -0.2) is 6.54 Å². The summed E-state index contributed by atoms with van der Waals surface area (Å²) in [6, 6.07) is 5.27. The Morgan fingerprint density at radius 1 is 1.07 bits per heavy atom. The van der Waals surface area contributed by atoms with Crippen LogP contribution in [0.3, 0.4) is 0 Å². The average molecular weight is 189 g/mol. The molecule has 0 radical (unpaired) electrons. The summed E-state index contributed by atoms with van der Waals surface area (Å²) in [5, 5.41) is 3.56. The van der Waals surface area contributed by atoms with Crippen molar-refractivity contribution in [2.45, 2.75) is 39.7 Å². The zero-order chi connectivity index (χ0) is 10.1. The van der Waals surface area contributed by atoms with Gasteiger partial charge in [0.1, 0.15) is 0 Å². The molecule has 1 fully saturated rings. The first kappa shape index (κ1) is 9.72. The molecule has 0 amide bonds. The normalized spacial score (nSPS) is 21.5. The first-order chi connectivity index (χ1) is 6.68. The van der Waals surface area contributed by atoms with E-state index < -0.39 is 0 Å². The van der Waals surface area contributed by atoms with Crippen LogP contribution < -0.4 is 5.32 Å². The third-order valence-corrected chi connectivity index (χ3v) is 3.32. The quantitative estimate of drug-likeness (QED) is 0.716. The summed E-state index contributed by atoms with van der Waals surface area (Å²) in [5.41, 5.74) is 5.77. The van der Waals surface area contributed by atoms with Crippen LogP contribution in [0.15, 0.2) is 12.1 Å². The molecular weight excluding hydrogens is 170 g/mol. The monoisotopic (exact) mass is 189 g/mol. The summed E-state index contributed by atoms with van der Waals surface area (Å²) < 4.78 is 0. The fraction of sp³-hybridized carbons (Fsp3) is 0.538. The van der Waals surface area contributed by atoms with Crippen molar-refractivity contribution in [1.82, 2.24) is 5.32 Å². The summed E-state index contributed by atoms with van der Waals surface area (Å²) in [6.07, 6.45) is 2.61. The lowest BCUT2D eigenvalue weighted by Crippen LogP contribution is -2.14. The van der Waals surface area contributed by atoms with Crippen LogP contribution in [0.2, 0.25) is 0 Å². The van der Waals surface area contributed by atoms with E-state index in [1.165, 1.54) is 41.6 Å². The Bertz CT molecular complexity index is 335. The second-order valence-corrected chi connectivity index (χ2v) is 4.44. The van der Waals surface area contributed by atoms with Gasteiger partial charge in [-0.3, -0.25) is 0 Å². The minimum atomic E-state index is 0.606. The van der Waals surface area contributed by atoms with Gasteiger partial charge in [-0.25, -0.2) is 0 Å². The largest absolute Gasteiger partial charge is 0.310 e. The topological polar surface area (TPSA) is 12.0 Å². The standard InChI is InChI=1S/C13H19N/c1-9-7-11(3)12(8-10(9)2)13-5-4-6-14-13/h7-8,13-14H,4-6H2,1-3H3/t13-/m0/s1. The first-order valence-electron chi connectivity index (χ1n) is 5.49. The Kier molecular flexibility index (Phi) is 2.60. The molecule has 1 aliphatic rings. The maximum atomic E-state index is 3.56. The van der Waals surface area contributed by atoms with Gasteiger partial charge < -0.3 is 5.32 Å². The number of benzene rings is 1. The van der Waals surface area contributed by atoms with Crippen LogP contribution >= 0.6 is 0 Å². The molecule has 0 unspecified atom stereocenters. The number of rotatable bonds is 1. The van der Waals surface area contributed by atoms with Crippen LogP contribution in [0.25, 0.3) is 0 Å². The lowest BCUT2D eigenvalue weighted by Gasteiger charge is -2.16. The van der Waals surface area contributed by atoms with E-state index in [1.54, 1.807) is 0 Å². The van der Waals surface area contributed by atoms with E-state index in [0.29, 0.717) is 6.04 Å². The Morgan fingerprint density at radius 2 is 1.79 bits per heavy atom. The van der Waals surface area contributed by atoms with Gasteiger partial charge in [-0.15, -0.1) is 0 Å². The van der Waals surface area contributed by atoms with E-state index in [0.717, 1.165) is 0 Å². The predicted molar refractivity (Wildman–Crippen MR) is 60.6 cm³/mol. The summed E-state index contributed by atoms with van der Waals surface area (Å²) in [4.78, 5) is 0. The average Bonchev–Trinajstić information content (AvgIpc) is 2.64. The number of nitrogens with one attached hydrogen (secondary N) is 1. The summed E-state index contributed by atoms with van der Waals surface area (Å²) >= 11 is 0. The number of hydrogen-bond donors (Lipinski definition) is 1. The molecule has 1 nitrogen and oxygen atoms in total. The molecular formula is C13H19N. The SMILES string of the molecule is Cc1cc(C)c([C@@H]2CCCN2)cc1C. The van der Waals surface area contributed by atoms with Gasteiger partial charge in [-0.05, 0) is 62.4 Å². The third-order valence-electron chi connectivity index (χ3n) is 3.32. The Hall–Kier alpha value is -0.820. The molecule has 0 saturated carbocycles. The van der Waals surface area contributed by atoms with E-state index >= 15 is 0 Å². The zero-order valence-corrected chi connectivity index (χ0v) is 9.35. The highest BCUT2D eigenvalue weighted by Crippen LogP contribution is 2.27. The molecule has 1 heterocycles. The van der Waals surface area contributed by atoms with Crippen molar-refractivity contribution in [3.05, 3.63) is 34.4 Å². The fourth-order valence-electron chi connectivity index (χ4n) is 2.31. The van der Waals surface area contributed by atoms with Crippen molar-refractivity contribution >= 4 is 0 Å². The van der Waals surface area contributed by atoms with Crippen LogP contribution in [0.5, 0.6) is 0 Å². The maximum absolute atomic E-state index is 3.56. The molecule has 1 saturated heterocycles. The Labute approximate surface area is 86.5 Å². The highest BCUT2D eigenvalue weighted by molar-refractivity contribution is 5.38. The van der Waals surface area contributed by atoms with Gasteiger partial charge in [0.2, 0.25) is 0 Å². The molecule has 1 aromatic carbocycles. The zero-order valence-electron chi connectivity index (χ0n) is 9.35. The molecule has 14 heavy (non-hydrogen) atoms. The van der Waals surface area contributed by atoms with Gasteiger partial charge >= 0.3 is 0 Å². The molecule has 0 bridgehead atoms. The van der Waals surface area contributed by atoms with Crippen LogP contribution in [0.4, 0.5) is 0 Å². The van der Waals surface area contributed by atoms with E-state index in [-0.39, 0.29) is 0 Å².